The van der Waals surface area contributed by atoms with Gasteiger partial charge in [0.2, 0.25) is 0 Å². The normalized spacial score (nSPS) is 23.7. The van der Waals surface area contributed by atoms with Gasteiger partial charge in [0.1, 0.15) is 15.0 Å². The summed E-state index contributed by atoms with van der Waals surface area (Å²) in [5.41, 5.74) is 0. The zero-order chi connectivity index (χ0) is 15.7. The lowest BCUT2D eigenvalue weighted by atomic mass is 10.2. The predicted molar refractivity (Wildman–Crippen MR) is 84.2 cm³/mol. The Balaban J connectivity index is 1.74. The number of thioether (sulfide) groups is 1. The van der Waals surface area contributed by atoms with Crippen molar-refractivity contribution in [2.75, 3.05) is 13.2 Å². The van der Waals surface area contributed by atoms with Gasteiger partial charge in [0.05, 0.1) is 23.6 Å². The molecule has 9 heteroatoms. The van der Waals surface area contributed by atoms with E-state index in [1.54, 1.807) is 0 Å². The van der Waals surface area contributed by atoms with Gasteiger partial charge in [-0.3, -0.25) is 19.8 Å². The van der Waals surface area contributed by atoms with Crippen molar-refractivity contribution in [3.8, 4) is 0 Å². The number of furan rings is 1. The van der Waals surface area contributed by atoms with Crippen LogP contribution in [0.4, 0.5) is 5.88 Å². The molecule has 0 bridgehead atoms. The summed E-state index contributed by atoms with van der Waals surface area (Å²) in [6.45, 7) is 1.16. The van der Waals surface area contributed by atoms with E-state index in [0.29, 0.717) is 22.4 Å². The Bertz CT molecular complexity index is 663. The molecule has 0 N–H and O–H groups in total. The van der Waals surface area contributed by atoms with Crippen molar-refractivity contribution >= 4 is 46.2 Å². The average Bonchev–Trinajstić information content (AvgIpc) is 3.18. The Morgan fingerprint density at radius 2 is 2.36 bits per heavy atom. The molecule has 1 atom stereocenters. The molecule has 2 aliphatic heterocycles. The Labute approximate surface area is 135 Å². The molecule has 3 heterocycles. The number of hydrogen-bond acceptors (Lipinski definition) is 7. The van der Waals surface area contributed by atoms with Crippen LogP contribution in [0.3, 0.4) is 0 Å². The summed E-state index contributed by atoms with van der Waals surface area (Å²) in [6, 6.07) is 2.70. The van der Waals surface area contributed by atoms with E-state index in [4.69, 9.17) is 21.4 Å². The maximum Gasteiger partial charge on any atom is 0.433 e. The fraction of sp³-hybridized carbons (Fsp3) is 0.385. The first-order valence-electron chi connectivity index (χ1n) is 6.66. The molecule has 2 aliphatic rings. The molecular formula is C13H12N2O5S2. The van der Waals surface area contributed by atoms with E-state index in [1.807, 2.05) is 0 Å². The molecular weight excluding hydrogens is 328 g/mol. The molecule has 1 aromatic heterocycles. The summed E-state index contributed by atoms with van der Waals surface area (Å²) in [5, 5.41) is 10.6. The molecule has 1 amide bonds. The van der Waals surface area contributed by atoms with Crippen LogP contribution in [0.1, 0.15) is 18.6 Å². The molecule has 7 nitrogen and oxygen atoms in total. The van der Waals surface area contributed by atoms with E-state index in [0.717, 1.165) is 24.6 Å². The van der Waals surface area contributed by atoms with E-state index in [9.17, 15) is 14.9 Å². The van der Waals surface area contributed by atoms with Crippen molar-refractivity contribution in [1.29, 1.82) is 0 Å². The van der Waals surface area contributed by atoms with Gasteiger partial charge in [-0.15, -0.1) is 0 Å². The summed E-state index contributed by atoms with van der Waals surface area (Å²) in [4.78, 5) is 24.2. The van der Waals surface area contributed by atoms with E-state index >= 15 is 0 Å². The number of nitro groups is 1. The van der Waals surface area contributed by atoms with Crippen molar-refractivity contribution in [2.45, 2.75) is 18.9 Å². The molecule has 0 aliphatic carbocycles. The van der Waals surface area contributed by atoms with Gasteiger partial charge in [-0.05, 0) is 18.9 Å². The van der Waals surface area contributed by atoms with Gasteiger partial charge in [0.25, 0.3) is 5.91 Å². The summed E-state index contributed by atoms with van der Waals surface area (Å²) in [7, 11) is 0. The first-order chi connectivity index (χ1) is 10.5. The second-order valence-electron chi connectivity index (χ2n) is 4.86. The molecule has 1 unspecified atom stereocenters. The minimum Gasteiger partial charge on any atom is -0.401 e. The third-order valence-corrected chi connectivity index (χ3v) is 4.73. The van der Waals surface area contributed by atoms with Crippen molar-refractivity contribution in [1.82, 2.24) is 4.90 Å². The molecule has 1 aromatic rings. The molecule has 3 rings (SSSR count). The second-order valence-corrected chi connectivity index (χ2v) is 6.54. The zero-order valence-corrected chi connectivity index (χ0v) is 13.0. The van der Waals surface area contributed by atoms with Gasteiger partial charge in [-0.2, -0.15) is 0 Å². The SMILES string of the molecule is O=C1/C(=C/c2ccc([N+](=O)[O-])o2)SC(=S)N1CC1CCCO1. The molecule has 0 aromatic carbocycles. The van der Waals surface area contributed by atoms with Crippen molar-refractivity contribution in [3.63, 3.8) is 0 Å². The smallest absolute Gasteiger partial charge is 0.401 e. The van der Waals surface area contributed by atoms with Crippen molar-refractivity contribution in [3.05, 3.63) is 32.9 Å². The minimum atomic E-state index is -0.625. The maximum atomic E-state index is 12.4. The highest BCUT2D eigenvalue weighted by Crippen LogP contribution is 2.34. The van der Waals surface area contributed by atoms with Crippen LogP contribution in [0.5, 0.6) is 0 Å². The lowest BCUT2D eigenvalue weighted by Gasteiger charge is -2.18. The quantitative estimate of drug-likeness (QED) is 0.360. The van der Waals surface area contributed by atoms with Crippen LogP contribution in [-0.4, -0.2) is 39.3 Å². The Morgan fingerprint density at radius 1 is 1.55 bits per heavy atom. The van der Waals surface area contributed by atoms with Crippen molar-refractivity contribution < 1.29 is 18.9 Å². The van der Waals surface area contributed by atoms with Gasteiger partial charge in [0, 0.05) is 12.7 Å². The van der Waals surface area contributed by atoms with Crippen LogP contribution >= 0.6 is 24.0 Å². The van der Waals surface area contributed by atoms with E-state index in [1.165, 1.54) is 23.1 Å². The largest absolute Gasteiger partial charge is 0.433 e. The van der Waals surface area contributed by atoms with Crippen LogP contribution in [0.2, 0.25) is 0 Å². The van der Waals surface area contributed by atoms with Crippen molar-refractivity contribution in [2.24, 2.45) is 0 Å². The van der Waals surface area contributed by atoms with Gasteiger partial charge >= 0.3 is 5.88 Å². The van der Waals surface area contributed by atoms with Gasteiger partial charge in [-0.25, -0.2) is 0 Å². The summed E-state index contributed by atoms with van der Waals surface area (Å²) in [6.07, 6.45) is 3.40. The predicted octanol–water partition coefficient (Wildman–Crippen LogP) is 2.57. The number of carbonyl (C=O) groups excluding carboxylic acids is 1. The van der Waals surface area contributed by atoms with Gasteiger partial charge in [0.15, 0.2) is 0 Å². The van der Waals surface area contributed by atoms with E-state index in [-0.39, 0.29) is 23.7 Å². The third kappa shape index (κ3) is 3.06. The van der Waals surface area contributed by atoms with Gasteiger partial charge < -0.3 is 9.15 Å². The molecule has 2 fully saturated rings. The first kappa shape index (κ1) is 15.2. The lowest BCUT2D eigenvalue weighted by Crippen LogP contribution is -2.35. The fourth-order valence-electron chi connectivity index (χ4n) is 2.30. The number of nitrogens with zero attached hydrogens (tertiary/aromatic N) is 2. The Hall–Kier alpha value is -1.71. The highest BCUT2D eigenvalue weighted by molar-refractivity contribution is 8.26. The Morgan fingerprint density at radius 3 is 3.00 bits per heavy atom. The first-order valence-corrected chi connectivity index (χ1v) is 7.88. The van der Waals surface area contributed by atoms with E-state index < -0.39 is 4.92 Å². The number of hydrogen-bond donors (Lipinski definition) is 0. The fourth-order valence-corrected chi connectivity index (χ4v) is 3.55. The summed E-state index contributed by atoms with van der Waals surface area (Å²) < 4.78 is 11.0. The molecule has 0 radical (unpaired) electrons. The Kier molecular flexibility index (Phi) is 4.27. The third-order valence-electron chi connectivity index (χ3n) is 3.35. The second kappa shape index (κ2) is 6.19. The monoisotopic (exact) mass is 340 g/mol. The van der Waals surface area contributed by atoms with Crippen LogP contribution in [0.25, 0.3) is 6.08 Å². The maximum absolute atomic E-state index is 12.4. The van der Waals surface area contributed by atoms with E-state index in [2.05, 4.69) is 0 Å². The van der Waals surface area contributed by atoms with Crippen LogP contribution < -0.4 is 0 Å². The number of rotatable bonds is 4. The summed E-state index contributed by atoms with van der Waals surface area (Å²) in [5.74, 6) is -0.324. The molecule has 116 valence electrons. The van der Waals surface area contributed by atoms with Crippen LogP contribution in [0.15, 0.2) is 21.5 Å². The lowest BCUT2D eigenvalue weighted by molar-refractivity contribution is -0.402. The highest BCUT2D eigenvalue weighted by Gasteiger charge is 2.34. The average molecular weight is 340 g/mol. The molecule has 0 spiro atoms. The molecule has 2 saturated heterocycles. The van der Waals surface area contributed by atoms with Gasteiger partial charge in [-0.1, -0.05) is 24.0 Å². The summed E-state index contributed by atoms with van der Waals surface area (Å²) >= 11 is 6.39. The molecule has 0 saturated carbocycles. The number of carbonyl (C=O) groups is 1. The number of amides is 1. The van der Waals surface area contributed by atoms with Crippen LogP contribution in [0, 0.1) is 10.1 Å². The highest BCUT2D eigenvalue weighted by atomic mass is 32.2. The minimum absolute atomic E-state index is 0.0200. The molecule has 22 heavy (non-hydrogen) atoms. The number of ether oxygens (including phenoxy) is 1. The standard InChI is InChI=1S/C13H12N2O5S2/c16-12-10(6-8-3-4-11(20-8)15(17)18)22-13(21)14(12)7-9-2-1-5-19-9/h3-4,6,9H,1-2,5,7H2/b10-6-. The number of thiocarbonyl (C=S) groups is 1. The van der Waals surface area contributed by atoms with Crippen LogP contribution in [-0.2, 0) is 9.53 Å². The zero-order valence-electron chi connectivity index (χ0n) is 11.4. The topological polar surface area (TPSA) is 85.8 Å².